The Balaban J connectivity index is 1.89. The highest BCUT2D eigenvalue weighted by molar-refractivity contribution is 5.14. The van der Waals surface area contributed by atoms with Crippen LogP contribution in [-0.2, 0) is 6.42 Å². The van der Waals surface area contributed by atoms with E-state index in [0.717, 1.165) is 26.2 Å². The summed E-state index contributed by atoms with van der Waals surface area (Å²) < 4.78 is 0. The van der Waals surface area contributed by atoms with Crippen molar-refractivity contribution in [1.29, 1.82) is 0 Å². The predicted octanol–water partition coefficient (Wildman–Crippen LogP) is 2.21. The zero-order chi connectivity index (χ0) is 11.5. The normalized spacial score (nSPS) is 10.6. The van der Waals surface area contributed by atoms with Gasteiger partial charge in [0.25, 0.3) is 0 Å². The van der Waals surface area contributed by atoms with Gasteiger partial charge < -0.3 is 10.6 Å². The van der Waals surface area contributed by atoms with Crippen molar-refractivity contribution in [2.75, 3.05) is 26.2 Å². The highest BCUT2D eigenvalue weighted by Crippen LogP contribution is 2.01. The molecule has 0 aliphatic rings. The maximum Gasteiger partial charge on any atom is -0.00368 e. The molecule has 0 saturated heterocycles. The summed E-state index contributed by atoms with van der Waals surface area (Å²) in [5, 5.41) is 6.80. The topological polar surface area (TPSA) is 24.1 Å². The Bertz CT molecular complexity index is 246. The molecule has 2 nitrogen and oxygen atoms in total. The molecule has 1 aromatic carbocycles. The molecule has 1 aromatic rings. The lowest BCUT2D eigenvalue weighted by Gasteiger charge is -2.05. The summed E-state index contributed by atoms with van der Waals surface area (Å²) in [4.78, 5) is 0. The number of nitrogens with one attached hydrogen (secondary N) is 2. The Morgan fingerprint density at radius 3 is 2.31 bits per heavy atom. The minimum Gasteiger partial charge on any atom is -0.317 e. The predicted molar refractivity (Wildman–Crippen MR) is 70.8 cm³/mol. The molecule has 2 N–H and O–H groups in total. The van der Waals surface area contributed by atoms with Gasteiger partial charge in [0.1, 0.15) is 0 Å². The summed E-state index contributed by atoms with van der Waals surface area (Å²) in [5.41, 5.74) is 1.44. The zero-order valence-electron chi connectivity index (χ0n) is 10.3. The molecule has 0 heterocycles. The van der Waals surface area contributed by atoms with E-state index in [2.05, 4.69) is 47.9 Å². The van der Waals surface area contributed by atoms with Gasteiger partial charge in [0.2, 0.25) is 0 Å². The fraction of sp³-hybridized carbons (Fsp3) is 0.571. The maximum atomic E-state index is 3.47. The first-order chi connectivity index (χ1) is 7.93. The summed E-state index contributed by atoms with van der Waals surface area (Å²) >= 11 is 0. The van der Waals surface area contributed by atoms with E-state index in [4.69, 9.17) is 0 Å². The van der Waals surface area contributed by atoms with E-state index in [9.17, 15) is 0 Å². The Morgan fingerprint density at radius 2 is 1.56 bits per heavy atom. The number of hydrogen-bond acceptors (Lipinski definition) is 2. The Hall–Kier alpha value is -0.860. The third-order valence-corrected chi connectivity index (χ3v) is 2.62. The van der Waals surface area contributed by atoms with Gasteiger partial charge in [0, 0.05) is 0 Å². The highest BCUT2D eigenvalue weighted by Gasteiger charge is 1.92. The van der Waals surface area contributed by atoms with Crippen LogP contribution in [0.15, 0.2) is 30.3 Å². The van der Waals surface area contributed by atoms with Crippen LogP contribution in [0.5, 0.6) is 0 Å². The van der Waals surface area contributed by atoms with Gasteiger partial charge in [-0.3, -0.25) is 0 Å². The first kappa shape index (κ1) is 13.2. The Kier molecular flexibility index (Phi) is 7.74. The quantitative estimate of drug-likeness (QED) is 0.624. The lowest BCUT2D eigenvalue weighted by atomic mass is 10.1. The molecule has 16 heavy (non-hydrogen) atoms. The van der Waals surface area contributed by atoms with Crippen molar-refractivity contribution < 1.29 is 0 Å². The van der Waals surface area contributed by atoms with Crippen LogP contribution in [0.3, 0.4) is 0 Å². The molecule has 0 saturated carbocycles. The van der Waals surface area contributed by atoms with Crippen LogP contribution >= 0.6 is 0 Å². The molecule has 0 aliphatic carbocycles. The summed E-state index contributed by atoms with van der Waals surface area (Å²) in [6, 6.07) is 10.7. The first-order valence-electron chi connectivity index (χ1n) is 6.39. The summed E-state index contributed by atoms with van der Waals surface area (Å²) in [7, 11) is 0. The van der Waals surface area contributed by atoms with Gasteiger partial charge in [-0.2, -0.15) is 0 Å². The number of hydrogen-bond donors (Lipinski definition) is 2. The standard InChI is InChI=1S/C14H24N2/c1-2-15-12-7-13-16-11-6-10-14-8-4-3-5-9-14/h3-5,8-9,15-16H,2,6-7,10-13H2,1H3. The van der Waals surface area contributed by atoms with Crippen LogP contribution < -0.4 is 10.6 Å². The summed E-state index contributed by atoms with van der Waals surface area (Å²) in [6.45, 7) is 6.60. The average Bonchev–Trinajstić information content (AvgIpc) is 2.34. The van der Waals surface area contributed by atoms with Gasteiger partial charge in [0.05, 0.1) is 0 Å². The lowest BCUT2D eigenvalue weighted by molar-refractivity contribution is 0.592. The Morgan fingerprint density at radius 1 is 0.875 bits per heavy atom. The average molecular weight is 220 g/mol. The van der Waals surface area contributed by atoms with Gasteiger partial charge in [-0.1, -0.05) is 37.3 Å². The second-order valence-electron chi connectivity index (χ2n) is 4.05. The van der Waals surface area contributed by atoms with Crippen LogP contribution in [0, 0.1) is 0 Å². The maximum absolute atomic E-state index is 3.47. The van der Waals surface area contributed by atoms with E-state index in [-0.39, 0.29) is 0 Å². The number of aryl methyl sites for hydroxylation is 1. The second-order valence-corrected chi connectivity index (χ2v) is 4.05. The van der Waals surface area contributed by atoms with Gasteiger partial charge in [-0.05, 0) is 51.0 Å². The zero-order valence-corrected chi connectivity index (χ0v) is 10.3. The minimum atomic E-state index is 1.08. The third kappa shape index (κ3) is 6.59. The molecule has 0 amide bonds. The minimum absolute atomic E-state index is 1.08. The molecule has 2 heteroatoms. The van der Waals surface area contributed by atoms with Crippen molar-refractivity contribution >= 4 is 0 Å². The number of benzene rings is 1. The molecular weight excluding hydrogens is 196 g/mol. The molecule has 90 valence electrons. The molecule has 1 rings (SSSR count). The lowest BCUT2D eigenvalue weighted by Crippen LogP contribution is -2.22. The van der Waals surface area contributed by atoms with Crippen LogP contribution in [0.1, 0.15) is 25.3 Å². The van der Waals surface area contributed by atoms with E-state index in [1.807, 2.05) is 0 Å². The molecule has 0 unspecified atom stereocenters. The van der Waals surface area contributed by atoms with Crippen LogP contribution in [0.4, 0.5) is 0 Å². The van der Waals surface area contributed by atoms with Gasteiger partial charge in [-0.15, -0.1) is 0 Å². The van der Waals surface area contributed by atoms with Crippen molar-refractivity contribution in [3.05, 3.63) is 35.9 Å². The van der Waals surface area contributed by atoms with Crippen LogP contribution in [0.25, 0.3) is 0 Å². The van der Waals surface area contributed by atoms with Crippen LogP contribution in [0.2, 0.25) is 0 Å². The van der Waals surface area contributed by atoms with Gasteiger partial charge in [0.15, 0.2) is 0 Å². The molecule has 0 bridgehead atoms. The molecule has 0 radical (unpaired) electrons. The van der Waals surface area contributed by atoms with E-state index >= 15 is 0 Å². The van der Waals surface area contributed by atoms with E-state index in [0.29, 0.717) is 0 Å². The molecule has 0 fully saturated rings. The summed E-state index contributed by atoms with van der Waals surface area (Å²) in [6.07, 6.45) is 3.63. The van der Waals surface area contributed by atoms with E-state index in [1.165, 1.54) is 24.8 Å². The van der Waals surface area contributed by atoms with Crippen molar-refractivity contribution in [2.45, 2.75) is 26.2 Å². The fourth-order valence-electron chi connectivity index (χ4n) is 1.70. The van der Waals surface area contributed by atoms with Crippen molar-refractivity contribution in [2.24, 2.45) is 0 Å². The monoisotopic (exact) mass is 220 g/mol. The largest absolute Gasteiger partial charge is 0.317 e. The molecule has 0 aliphatic heterocycles. The van der Waals surface area contributed by atoms with Crippen molar-refractivity contribution in [3.63, 3.8) is 0 Å². The third-order valence-electron chi connectivity index (χ3n) is 2.62. The second kappa shape index (κ2) is 9.37. The molecular formula is C14H24N2. The number of rotatable bonds is 9. The Labute approximate surface area is 99.5 Å². The van der Waals surface area contributed by atoms with Crippen LogP contribution in [-0.4, -0.2) is 26.2 Å². The van der Waals surface area contributed by atoms with Crippen molar-refractivity contribution in [1.82, 2.24) is 10.6 Å². The van der Waals surface area contributed by atoms with Gasteiger partial charge in [-0.25, -0.2) is 0 Å². The van der Waals surface area contributed by atoms with Gasteiger partial charge >= 0.3 is 0 Å². The SMILES string of the molecule is CCNCCCNCCCc1ccccc1. The first-order valence-corrected chi connectivity index (χ1v) is 6.39. The van der Waals surface area contributed by atoms with Crippen molar-refractivity contribution in [3.8, 4) is 0 Å². The summed E-state index contributed by atoms with van der Waals surface area (Å²) in [5.74, 6) is 0. The molecule has 0 aromatic heterocycles. The highest BCUT2D eigenvalue weighted by atomic mass is 14.9. The molecule has 0 spiro atoms. The fourth-order valence-corrected chi connectivity index (χ4v) is 1.70. The smallest absolute Gasteiger partial charge is 0.00368 e. The molecule has 0 atom stereocenters. The van der Waals surface area contributed by atoms with E-state index in [1.54, 1.807) is 0 Å². The van der Waals surface area contributed by atoms with E-state index < -0.39 is 0 Å².